The number of hydrogen-bond acceptors (Lipinski definition) is 3. The van der Waals surface area contributed by atoms with E-state index in [-0.39, 0.29) is 11.7 Å². The van der Waals surface area contributed by atoms with Crippen molar-refractivity contribution in [2.24, 2.45) is 0 Å². The summed E-state index contributed by atoms with van der Waals surface area (Å²) in [6.45, 7) is 1.45. The Labute approximate surface area is 162 Å². The second kappa shape index (κ2) is 7.64. The number of nitrogens with one attached hydrogen (secondary N) is 2. The van der Waals surface area contributed by atoms with Gasteiger partial charge in [0.25, 0.3) is 5.91 Å². The number of ether oxygens (including phenoxy) is 2. The molecule has 2 heterocycles. The van der Waals surface area contributed by atoms with Crippen LogP contribution >= 0.6 is 0 Å². The summed E-state index contributed by atoms with van der Waals surface area (Å²) in [5.74, 6) is 0.255. The average molecular weight is 382 g/mol. The minimum atomic E-state index is -0.469. The summed E-state index contributed by atoms with van der Waals surface area (Å²) in [6.07, 6.45) is 3.02. The van der Waals surface area contributed by atoms with E-state index in [0.717, 1.165) is 10.9 Å². The molecule has 1 amide bonds. The van der Waals surface area contributed by atoms with Crippen molar-refractivity contribution in [1.82, 2.24) is 10.3 Å². The van der Waals surface area contributed by atoms with Crippen LogP contribution in [-0.2, 0) is 10.2 Å². The Balaban J connectivity index is 1.59. The number of benzene rings is 2. The lowest BCUT2D eigenvalue weighted by Gasteiger charge is -2.38. The predicted molar refractivity (Wildman–Crippen MR) is 105 cm³/mol. The van der Waals surface area contributed by atoms with Crippen LogP contribution in [0.25, 0.3) is 10.9 Å². The standard InChI is InChI=1S/C22H23FN2O3/c1-27-15-6-7-20-16(12-15)17(13-24-20)21(26)25-14-22(8-10-28-11-9-22)18-4-2-3-5-19(18)23/h2-7,12-13,24H,8-11,14H2,1H3,(H,25,26). The SMILES string of the molecule is COc1ccc2[nH]cc(C(=O)NCC3(c4ccccc4F)CCOCC3)c2c1. The lowest BCUT2D eigenvalue weighted by atomic mass is 9.73. The van der Waals surface area contributed by atoms with Gasteiger partial charge in [0.15, 0.2) is 0 Å². The molecule has 6 heteroatoms. The molecule has 0 saturated carbocycles. The highest BCUT2D eigenvalue weighted by Gasteiger charge is 2.37. The third-order valence-corrected chi connectivity index (χ3v) is 5.62. The molecule has 1 aliphatic rings. The summed E-state index contributed by atoms with van der Waals surface area (Å²) >= 11 is 0. The van der Waals surface area contributed by atoms with Crippen molar-refractivity contribution >= 4 is 16.8 Å². The van der Waals surface area contributed by atoms with E-state index < -0.39 is 5.41 Å². The number of rotatable bonds is 5. The van der Waals surface area contributed by atoms with Crippen LogP contribution in [0.1, 0.15) is 28.8 Å². The summed E-state index contributed by atoms with van der Waals surface area (Å²) in [5.41, 5.74) is 1.58. The molecule has 2 N–H and O–H groups in total. The fourth-order valence-corrected chi connectivity index (χ4v) is 3.95. The van der Waals surface area contributed by atoms with Crippen LogP contribution in [0.15, 0.2) is 48.7 Å². The second-order valence-corrected chi connectivity index (χ2v) is 7.17. The van der Waals surface area contributed by atoms with E-state index >= 15 is 0 Å². The fourth-order valence-electron chi connectivity index (χ4n) is 3.95. The molecule has 1 aliphatic heterocycles. The normalized spacial score (nSPS) is 16.1. The molecule has 0 atom stereocenters. The van der Waals surface area contributed by atoms with E-state index in [1.54, 1.807) is 19.4 Å². The zero-order valence-corrected chi connectivity index (χ0v) is 15.8. The summed E-state index contributed by atoms with van der Waals surface area (Å²) in [5, 5.41) is 3.82. The van der Waals surface area contributed by atoms with Gasteiger partial charge in [-0.15, -0.1) is 0 Å². The number of carbonyl (C=O) groups is 1. The highest BCUT2D eigenvalue weighted by atomic mass is 19.1. The Hall–Kier alpha value is -2.86. The Kier molecular flexibility index (Phi) is 5.05. The highest BCUT2D eigenvalue weighted by molar-refractivity contribution is 6.07. The van der Waals surface area contributed by atoms with E-state index in [2.05, 4.69) is 10.3 Å². The maximum Gasteiger partial charge on any atom is 0.253 e. The Bertz CT molecular complexity index is 992. The Morgan fingerprint density at radius 1 is 1.25 bits per heavy atom. The van der Waals surface area contributed by atoms with Crippen molar-refractivity contribution in [3.8, 4) is 5.75 Å². The van der Waals surface area contributed by atoms with Crippen LogP contribution in [0.5, 0.6) is 5.75 Å². The first-order valence-electron chi connectivity index (χ1n) is 9.39. The molecule has 0 unspecified atom stereocenters. The lowest BCUT2D eigenvalue weighted by Crippen LogP contribution is -2.45. The minimum absolute atomic E-state index is 0.193. The number of aromatic amines is 1. The molecule has 4 rings (SSSR count). The van der Waals surface area contributed by atoms with Gasteiger partial charge in [-0.25, -0.2) is 4.39 Å². The molecule has 1 saturated heterocycles. The maximum atomic E-state index is 14.5. The number of H-pyrrole nitrogens is 1. The van der Waals surface area contributed by atoms with Gasteiger partial charge in [-0.1, -0.05) is 18.2 Å². The monoisotopic (exact) mass is 382 g/mol. The van der Waals surface area contributed by atoms with Gasteiger partial charge in [-0.2, -0.15) is 0 Å². The molecular weight excluding hydrogens is 359 g/mol. The van der Waals surface area contributed by atoms with Gasteiger partial charge >= 0.3 is 0 Å². The van der Waals surface area contributed by atoms with Crippen molar-refractivity contribution in [3.05, 3.63) is 65.6 Å². The first kappa shape index (κ1) is 18.5. The topological polar surface area (TPSA) is 63.4 Å². The van der Waals surface area contributed by atoms with Crippen LogP contribution in [0.4, 0.5) is 4.39 Å². The number of aromatic nitrogens is 1. The van der Waals surface area contributed by atoms with Crippen LogP contribution in [-0.4, -0.2) is 37.8 Å². The molecule has 1 aromatic heterocycles. The maximum absolute atomic E-state index is 14.5. The number of fused-ring (bicyclic) bond motifs is 1. The molecule has 1 fully saturated rings. The van der Waals surface area contributed by atoms with Gasteiger partial charge in [0, 0.05) is 42.3 Å². The average Bonchev–Trinajstić information content (AvgIpc) is 3.16. The van der Waals surface area contributed by atoms with E-state index in [1.165, 1.54) is 6.07 Å². The quantitative estimate of drug-likeness (QED) is 0.706. The first-order chi connectivity index (χ1) is 13.6. The number of amides is 1. The summed E-state index contributed by atoms with van der Waals surface area (Å²) in [6, 6.07) is 12.4. The van der Waals surface area contributed by atoms with E-state index in [9.17, 15) is 9.18 Å². The fraction of sp³-hybridized carbons (Fsp3) is 0.318. The molecule has 28 heavy (non-hydrogen) atoms. The largest absolute Gasteiger partial charge is 0.497 e. The summed E-state index contributed by atoms with van der Waals surface area (Å²) in [7, 11) is 1.59. The third kappa shape index (κ3) is 3.36. The van der Waals surface area contributed by atoms with Crippen molar-refractivity contribution in [2.45, 2.75) is 18.3 Å². The van der Waals surface area contributed by atoms with E-state index in [1.807, 2.05) is 30.3 Å². The molecule has 0 bridgehead atoms. The molecule has 0 spiro atoms. The van der Waals surface area contributed by atoms with Crippen LogP contribution in [0.2, 0.25) is 0 Å². The number of halogens is 1. The van der Waals surface area contributed by atoms with E-state index in [4.69, 9.17) is 9.47 Å². The van der Waals surface area contributed by atoms with Crippen molar-refractivity contribution < 1.29 is 18.7 Å². The number of hydrogen-bond donors (Lipinski definition) is 2. The van der Waals surface area contributed by atoms with Crippen LogP contribution in [0.3, 0.4) is 0 Å². The Morgan fingerprint density at radius 2 is 2.04 bits per heavy atom. The predicted octanol–water partition coefficient (Wildman–Crippen LogP) is 3.79. The van der Waals surface area contributed by atoms with Gasteiger partial charge in [-0.3, -0.25) is 4.79 Å². The van der Waals surface area contributed by atoms with Gasteiger partial charge in [0.1, 0.15) is 11.6 Å². The smallest absolute Gasteiger partial charge is 0.253 e. The van der Waals surface area contributed by atoms with Crippen LogP contribution < -0.4 is 10.1 Å². The molecule has 3 aromatic rings. The summed E-state index contributed by atoms with van der Waals surface area (Å²) in [4.78, 5) is 16.0. The van der Waals surface area contributed by atoms with Gasteiger partial charge in [0.2, 0.25) is 0 Å². The zero-order chi connectivity index (χ0) is 19.6. The highest BCUT2D eigenvalue weighted by Crippen LogP contribution is 2.36. The molecule has 146 valence electrons. The van der Waals surface area contributed by atoms with Crippen molar-refractivity contribution in [3.63, 3.8) is 0 Å². The molecule has 0 aliphatic carbocycles. The van der Waals surface area contributed by atoms with Crippen molar-refractivity contribution in [1.29, 1.82) is 0 Å². The van der Waals surface area contributed by atoms with Crippen molar-refractivity contribution in [2.75, 3.05) is 26.9 Å². The zero-order valence-electron chi connectivity index (χ0n) is 15.8. The first-order valence-corrected chi connectivity index (χ1v) is 9.39. The molecule has 2 aromatic carbocycles. The van der Waals surface area contributed by atoms with Gasteiger partial charge < -0.3 is 19.8 Å². The molecule has 0 radical (unpaired) electrons. The molecular formula is C22H23FN2O3. The minimum Gasteiger partial charge on any atom is -0.497 e. The third-order valence-electron chi connectivity index (χ3n) is 5.62. The van der Waals surface area contributed by atoms with E-state index in [0.29, 0.717) is 49.5 Å². The Morgan fingerprint density at radius 3 is 2.79 bits per heavy atom. The van der Waals surface area contributed by atoms with Crippen LogP contribution in [0, 0.1) is 5.82 Å². The number of carbonyl (C=O) groups excluding carboxylic acids is 1. The second-order valence-electron chi connectivity index (χ2n) is 7.17. The van der Waals surface area contributed by atoms with Gasteiger partial charge in [0.05, 0.1) is 12.7 Å². The summed E-state index contributed by atoms with van der Waals surface area (Å²) < 4.78 is 25.3. The number of methoxy groups -OCH3 is 1. The van der Waals surface area contributed by atoms with Gasteiger partial charge in [-0.05, 0) is 42.7 Å². The lowest BCUT2D eigenvalue weighted by molar-refractivity contribution is 0.0475. The molecule has 5 nitrogen and oxygen atoms in total.